The molecule has 0 aliphatic heterocycles. The molecule has 0 radical (unpaired) electrons. The molecule has 72 valence electrons. The molecule has 0 spiro atoms. The molecule has 0 bridgehead atoms. The molecule has 0 heterocycles. The van der Waals surface area contributed by atoms with Gasteiger partial charge in [0.2, 0.25) is 0 Å². The van der Waals surface area contributed by atoms with E-state index < -0.39 is 0 Å². The van der Waals surface area contributed by atoms with Crippen molar-refractivity contribution in [3.8, 4) is 0 Å². The number of hydrogen-bond acceptors (Lipinski definition) is 2. The Bertz CT molecular complexity index is 115. The summed E-state index contributed by atoms with van der Waals surface area (Å²) in [6.07, 6.45) is 5.59. The van der Waals surface area contributed by atoms with Gasteiger partial charge in [-0.25, -0.2) is 0 Å². The fourth-order valence-electron chi connectivity index (χ4n) is 2.15. The van der Waals surface area contributed by atoms with Gasteiger partial charge in [-0.3, -0.25) is 0 Å². The predicted octanol–water partition coefficient (Wildman–Crippen LogP) is 1.33. The van der Waals surface area contributed by atoms with Crippen LogP contribution >= 0.6 is 0 Å². The Morgan fingerprint density at radius 3 is 2.17 bits per heavy atom. The molecule has 1 rings (SSSR count). The van der Waals surface area contributed by atoms with Gasteiger partial charge in [0.25, 0.3) is 0 Å². The van der Waals surface area contributed by atoms with E-state index in [9.17, 15) is 0 Å². The van der Waals surface area contributed by atoms with Crippen LogP contribution in [0.15, 0.2) is 0 Å². The molecule has 0 unspecified atom stereocenters. The summed E-state index contributed by atoms with van der Waals surface area (Å²) in [4.78, 5) is 2.37. The van der Waals surface area contributed by atoms with Crippen LogP contribution in [0.5, 0.6) is 0 Å². The fraction of sp³-hybridized carbons (Fsp3) is 1.00. The second-order valence-electron chi connectivity index (χ2n) is 4.20. The highest BCUT2D eigenvalue weighted by Crippen LogP contribution is 2.25. The largest absolute Gasteiger partial charge is 0.319 e. The number of nitrogens with one attached hydrogen (secondary N) is 1. The molecule has 1 N–H and O–H groups in total. The summed E-state index contributed by atoms with van der Waals surface area (Å²) in [6.45, 7) is 1.21. The first kappa shape index (κ1) is 10.0. The molecular formula is C10H22N2. The molecule has 0 aromatic heterocycles. The molecule has 1 fully saturated rings. The minimum Gasteiger partial charge on any atom is -0.319 e. The summed E-state index contributed by atoms with van der Waals surface area (Å²) >= 11 is 0. The van der Waals surface area contributed by atoms with Gasteiger partial charge in [0.1, 0.15) is 0 Å². The average Bonchev–Trinajstić information content (AvgIpc) is 2.06. The minimum absolute atomic E-state index is 0.845. The molecule has 1 saturated carbocycles. The number of hydrogen-bond donors (Lipinski definition) is 1. The molecule has 1 aliphatic carbocycles. The van der Waals surface area contributed by atoms with Crippen molar-refractivity contribution in [2.24, 2.45) is 5.92 Å². The quantitative estimate of drug-likeness (QED) is 0.687. The highest BCUT2D eigenvalue weighted by molar-refractivity contribution is 4.77. The zero-order valence-corrected chi connectivity index (χ0v) is 8.64. The molecule has 0 saturated heterocycles. The van der Waals surface area contributed by atoms with Gasteiger partial charge < -0.3 is 10.2 Å². The van der Waals surface area contributed by atoms with Crippen LogP contribution in [0.4, 0.5) is 0 Å². The standard InChI is InChI=1S/C10H22N2/c1-11-8-9-4-6-10(7-5-9)12(2)3/h9-11H,4-8H2,1-3H3/t9-,10+. The van der Waals surface area contributed by atoms with Crippen molar-refractivity contribution in [3.05, 3.63) is 0 Å². The Labute approximate surface area is 76.3 Å². The topological polar surface area (TPSA) is 15.3 Å². The van der Waals surface area contributed by atoms with E-state index in [0.29, 0.717) is 0 Å². The fourth-order valence-corrected chi connectivity index (χ4v) is 2.15. The maximum absolute atomic E-state index is 3.27. The lowest BCUT2D eigenvalue weighted by atomic mass is 9.85. The van der Waals surface area contributed by atoms with Gasteiger partial charge in [0.05, 0.1) is 0 Å². The lowest BCUT2D eigenvalue weighted by molar-refractivity contribution is 0.193. The van der Waals surface area contributed by atoms with Crippen molar-refractivity contribution < 1.29 is 0 Å². The Kier molecular flexibility index (Phi) is 4.02. The predicted molar refractivity (Wildman–Crippen MR) is 53.4 cm³/mol. The van der Waals surface area contributed by atoms with Crippen LogP contribution in [0.25, 0.3) is 0 Å². The van der Waals surface area contributed by atoms with Crippen molar-refractivity contribution in [2.45, 2.75) is 31.7 Å². The third-order valence-electron chi connectivity index (χ3n) is 3.04. The smallest absolute Gasteiger partial charge is 0.00893 e. The summed E-state index contributed by atoms with van der Waals surface area (Å²) in [7, 11) is 6.45. The van der Waals surface area contributed by atoms with E-state index in [1.54, 1.807) is 0 Å². The van der Waals surface area contributed by atoms with Crippen LogP contribution in [0, 0.1) is 5.92 Å². The molecule has 0 atom stereocenters. The van der Waals surface area contributed by atoms with Gasteiger partial charge in [-0.15, -0.1) is 0 Å². The van der Waals surface area contributed by atoms with Crippen molar-refractivity contribution >= 4 is 0 Å². The zero-order chi connectivity index (χ0) is 8.97. The summed E-state index contributed by atoms with van der Waals surface area (Å²) in [5.74, 6) is 0.936. The van der Waals surface area contributed by atoms with Crippen LogP contribution < -0.4 is 5.32 Å². The van der Waals surface area contributed by atoms with Crippen molar-refractivity contribution in [2.75, 3.05) is 27.7 Å². The Morgan fingerprint density at radius 2 is 1.75 bits per heavy atom. The first-order valence-electron chi connectivity index (χ1n) is 5.05. The van der Waals surface area contributed by atoms with Crippen LogP contribution in [0.3, 0.4) is 0 Å². The van der Waals surface area contributed by atoms with Gasteiger partial charge in [-0.2, -0.15) is 0 Å². The van der Waals surface area contributed by atoms with Gasteiger partial charge in [-0.1, -0.05) is 0 Å². The van der Waals surface area contributed by atoms with Crippen molar-refractivity contribution in [3.63, 3.8) is 0 Å². The van der Waals surface area contributed by atoms with Crippen LogP contribution in [-0.2, 0) is 0 Å². The van der Waals surface area contributed by atoms with E-state index in [2.05, 4.69) is 31.4 Å². The summed E-state index contributed by atoms with van der Waals surface area (Å²) in [5.41, 5.74) is 0. The van der Waals surface area contributed by atoms with Gasteiger partial charge >= 0.3 is 0 Å². The monoisotopic (exact) mass is 170 g/mol. The van der Waals surface area contributed by atoms with E-state index in [1.165, 1.54) is 32.2 Å². The van der Waals surface area contributed by atoms with Crippen LogP contribution in [0.2, 0.25) is 0 Å². The molecule has 0 aromatic rings. The number of nitrogens with zero attached hydrogens (tertiary/aromatic N) is 1. The average molecular weight is 170 g/mol. The van der Waals surface area contributed by atoms with E-state index in [1.807, 2.05) is 0 Å². The first-order chi connectivity index (χ1) is 5.74. The van der Waals surface area contributed by atoms with E-state index in [0.717, 1.165) is 12.0 Å². The second kappa shape index (κ2) is 4.83. The highest BCUT2D eigenvalue weighted by Gasteiger charge is 2.21. The van der Waals surface area contributed by atoms with Crippen molar-refractivity contribution in [1.29, 1.82) is 0 Å². The molecule has 2 nitrogen and oxygen atoms in total. The molecule has 12 heavy (non-hydrogen) atoms. The lowest BCUT2D eigenvalue weighted by Crippen LogP contribution is -2.34. The van der Waals surface area contributed by atoms with Crippen LogP contribution in [0.1, 0.15) is 25.7 Å². The van der Waals surface area contributed by atoms with Crippen molar-refractivity contribution in [1.82, 2.24) is 10.2 Å². The van der Waals surface area contributed by atoms with Gasteiger partial charge in [-0.05, 0) is 59.3 Å². The Morgan fingerprint density at radius 1 is 1.17 bits per heavy atom. The summed E-state index contributed by atoms with van der Waals surface area (Å²) in [5, 5.41) is 3.27. The van der Waals surface area contributed by atoms with E-state index in [-0.39, 0.29) is 0 Å². The molecule has 1 aliphatic rings. The maximum atomic E-state index is 3.27. The lowest BCUT2D eigenvalue weighted by Gasteiger charge is -2.32. The van der Waals surface area contributed by atoms with Gasteiger partial charge in [0.15, 0.2) is 0 Å². The SMILES string of the molecule is CNC[C@H]1CC[C@@H](N(C)C)CC1. The molecule has 0 aromatic carbocycles. The summed E-state index contributed by atoms with van der Waals surface area (Å²) < 4.78 is 0. The van der Waals surface area contributed by atoms with Crippen LogP contribution in [-0.4, -0.2) is 38.6 Å². The molecule has 0 amide bonds. The first-order valence-corrected chi connectivity index (χ1v) is 5.05. The van der Waals surface area contributed by atoms with E-state index >= 15 is 0 Å². The van der Waals surface area contributed by atoms with Gasteiger partial charge in [0, 0.05) is 6.04 Å². The zero-order valence-electron chi connectivity index (χ0n) is 8.64. The second-order valence-corrected chi connectivity index (χ2v) is 4.20. The third kappa shape index (κ3) is 2.76. The Hall–Kier alpha value is -0.0800. The maximum Gasteiger partial charge on any atom is 0.00893 e. The number of rotatable bonds is 3. The van der Waals surface area contributed by atoms with E-state index in [4.69, 9.17) is 0 Å². The Balaban J connectivity index is 2.20. The third-order valence-corrected chi connectivity index (χ3v) is 3.04. The normalized spacial score (nSPS) is 31.0. The minimum atomic E-state index is 0.845. The molecule has 2 heteroatoms. The summed E-state index contributed by atoms with van der Waals surface area (Å²) in [6, 6.07) is 0.845. The highest BCUT2D eigenvalue weighted by atomic mass is 15.1. The molecular weight excluding hydrogens is 148 g/mol.